The van der Waals surface area contributed by atoms with Gasteiger partial charge in [-0.05, 0) is 18.2 Å². The standard InChI is InChI=1S/C12H13BrF3N3O2/c1-17-11(21)8-4-7(13)2-3-9(8)18-5-10(20)19-6-12(14,15)16/h2-4,18H,5-6H2,1H3,(H,17,21)(H,19,20). The highest BCUT2D eigenvalue weighted by atomic mass is 79.9. The fourth-order valence-corrected chi connectivity index (χ4v) is 1.79. The normalized spacial score (nSPS) is 10.9. The fourth-order valence-electron chi connectivity index (χ4n) is 1.43. The third-order valence-corrected chi connectivity index (χ3v) is 2.87. The minimum absolute atomic E-state index is 0.274. The third kappa shape index (κ3) is 6.03. The molecule has 0 radical (unpaired) electrons. The van der Waals surface area contributed by atoms with Crippen molar-refractivity contribution < 1.29 is 22.8 Å². The Morgan fingerprint density at radius 1 is 1.29 bits per heavy atom. The molecular formula is C12H13BrF3N3O2. The van der Waals surface area contributed by atoms with Crippen molar-refractivity contribution in [1.82, 2.24) is 10.6 Å². The van der Waals surface area contributed by atoms with Gasteiger partial charge in [-0.25, -0.2) is 0 Å². The monoisotopic (exact) mass is 367 g/mol. The predicted octanol–water partition coefficient (Wildman–Crippen LogP) is 1.90. The number of hydrogen-bond acceptors (Lipinski definition) is 3. The molecule has 116 valence electrons. The Kier molecular flexibility index (Phi) is 6.01. The fraction of sp³-hybridized carbons (Fsp3) is 0.333. The Hall–Kier alpha value is -1.77. The van der Waals surface area contributed by atoms with Crippen LogP contribution in [0.5, 0.6) is 0 Å². The first kappa shape index (κ1) is 17.3. The number of rotatable bonds is 5. The number of hydrogen-bond donors (Lipinski definition) is 3. The first-order valence-corrected chi connectivity index (χ1v) is 6.61. The lowest BCUT2D eigenvalue weighted by atomic mass is 10.1. The van der Waals surface area contributed by atoms with E-state index in [9.17, 15) is 22.8 Å². The minimum atomic E-state index is -4.46. The average Bonchev–Trinajstić information content (AvgIpc) is 2.42. The van der Waals surface area contributed by atoms with Gasteiger partial charge in [0, 0.05) is 17.2 Å². The Labute approximate surface area is 127 Å². The van der Waals surface area contributed by atoms with E-state index in [-0.39, 0.29) is 18.0 Å². The van der Waals surface area contributed by atoms with Crippen molar-refractivity contribution in [2.24, 2.45) is 0 Å². The lowest BCUT2D eigenvalue weighted by Crippen LogP contribution is -2.37. The highest BCUT2D eigenvalue weighted by Crippen LogP contribution is 2.21. The summed E-state index contributed by atoms with van der Waals surface area (Å²) in [5.74, 6) is -1.20. The number of carbonyl (C=O) groups is 2. The molecule has 0 saturated heterocycles. The summed E-state index contributed by atoms with van der Waals surface area (Å²) in [5.41, 5.74) is 0.621. The van der Waals surface area contributed by atoms with Gasteiger partial charge in [0.1, 0.15) is 6.54 Å². The third-order valence-electron chi connectivity index (χ3n) is 2.38. The minimum Gasteiger partial charge on any atom is -0.376 e. The molecule has 0 spiro atoms. The molecule has 0 bridgehead atoms. The van der Waals surface area contributed by atoms with Crippen LogP contribution in [0.25, 0.3) is 0 Å². The van der Waals surface area contributed by atoms with Crippen molar-refractivity contribution in [3.05, 3.63) is 28.2 Å². The predicted molar refractivity (Wildman–Crippen MR) is 75.1 cm³/mol. The zero-order valence-corrected chi connectivity index (χ0v) is 12.6. The molecule has 0 saturated carbocycles. The second-order valence-electron chi connectivity index (χ2n) is 4.01. The molecule has 0 aliphatic heterocycles. The van der Waals surface area contributed by atoms with E-state index in [1.54, 1.807) is 17.4 Å². The van der Waals surface area contributed by atoms with E-state index in [0.717, 1.165) is 0 Å². The van der Waals surface area contributed by atoms with Crippen LogP contribution in [0, 0.1) is 0 Å². The summed E-state index contributed by atoms with van der Waals surface area (Å²) >= 11 is 3.21. The summed E-state index contributed by atoms with van der Waals surface area (Å²) in [6.07, 6.45) is -4.46. The quantitative estimate of drug-likeness (QED) is 0.744. The van der Waals surface area contributed by atoms with Crippen LogP contribution in [0.2, 0.25) is 0 Å². The summed E-state index contributed by atoms with van der Waals surface area (Å²) in [7, 11) is 1.45. The van der Waals surface area contributed by atoms with Crippen LogP contribution in [0.15, 0.2) is 22.7 Å². The van der Waals surface area contributed by atoms with Crippen molar-refractivity contribution in [3.8, 4) is 0 Å². The van der Waals surface area contributed by atoms with Gasteiger partial charge in [-0.1, -0.05) is 15.9 Å². The van der Waals surface area contributed by atoms with Crippen LogP contribution in [0.1, 0.15) is 10.4 Å². The van der Waals surface area contributed by atoms with Gasteiger partial charge in [0.25, 0.3) is 5.91 Å². The maximum Gasteiger partial charge on any atom is 0.405 e. The first-order chi connectivity index (χ1) is 9.73. The van der Waals surface area contributed by atoms with E-state index in [1.807, 2.05) is 0 Å². The van der Waals surface area contributed by atoms with Crippen LogP contribution in [0.3, 0.4) is 0 Å². The van der Waals surface area contributed by atoms with Gasteiger partial charge in [-0.15, -0.1) is 0 Å². The largest absolute Gasteiger partial charge is 0.405 e. The molecule has 1 aromatic carbocycles. The highest BCUT2D eigenvalue weighted by Gasteiger charge is 2.27. The van der Waals surface area contributed by atoms with Crippen molar-refractivity contribution >= 4 is 33.4 Å². The van der Waals surface area contributed by atoms with Gasteiger partial charge in [0.15, 0.2) is 0 Å². The molecule has 0 heterocycles. The summed E-state index contributed by atoms with van der Waals surface area (Å²) in [5, 5.41) is 6.79. The molecule has 0 unspecified atom stereocenters. The molecule has 3 N–H and O–H groups in total. The smallest absolute Gasteiger partial charge is 0.376 e. The van der Waals surface area contributed by atoms with Gasteiger partial charge in [-0.3, -0.25) is 9.59 Å². The van der Waals surface area contributed by atoms with Gasteiger partial charge >= 0.3 is 6.18 Å². The van der Waals surface area contributed by atoms with E-state index in [4.69, 9.17) is 0 Å². The molecule has 9 heteroatoms. The number of anilines is 1. The summed E-state index contributed by atoms with van der Waals surface area (Å²) < 4.78 is 36.5. The van der Waals surface area contributed by atoms with Gasteiger partial charge in [0.05, 0.1) is 12.1 Å². The molecule has 0 fully saturated rings. The lowest BCUT2D eigenvalue weighted by Gasteiger charge is -2.12. The molecule has 0 atom stereocenters. The van der Waals surface area contributed by atoms with E-state index < -0.39 is 18.6 Å². The molecule has 0 aliphatic rings. The van der Waals surface area contributed by atoms with Crippen LogP contribution >= 0.6 is 15.9 Å². The van der Waals surface area contributed by atoms with Gasteiger partial charge < -0.3 is 16.0 Å². The summed E-state index contributed by atoms with van der Waals surface area (Å²) in [6.45, 7) is -1.77. The van der Waals surface area contributed by atoms with Gasteiger partial charge in [0.2, 0.25) is 5.91 Å². The van der Waals surface area contributed by atoms with Gasteiger partial charge in [-0.2, -0.15) is 13.2 Å². The number of halogens is 4. The summed E-state index contributed by atoms with van der Waals surface area (Å²) in [4.78, 5) is 23.0. The number of benzene rings is 1. The first-order valence-electron chi connectivity index (χ1n) is 5.82. The van der Waals surface area contributed by atoms with Crippen molar-refractivity contribution in [1.29, 1.82) is 0 Å². The summed E-state index contributed by atoms with van der Waals surface area (Å²) in [6, 6.07) is 4.73. The van der Waals surface area contributed by atoms with Crippen LogP contribution in [0.4, 0.5) is 18.9 Å². The maximum absolute atomic E-state index is 11.9. The second-order valence-corrected chi connectivity index (χ2v) is 4.93. The SMILES string of the molecule is CNC(=O)c1cc(Br)ccc1NCC(=O)NCC(F)(F)F. The van der Waals surface area contributed by atoms with Crippen molar-refractivity contribution in [2.45, 2.75) is 6.18 Å². The molecular weight excluding hydrogens is 355 g/mol. The van der Waals surface area contributed by atoms with E-state index in [1.165, 1.54) is 13.1 Å². The Morgan fingerprint density at radius 3 is 2.52 bits per heavy atom. The Balaban J connectivity index is 2.67. The van der Waals surface area contributed by atoms with E-state index in [2.05, 4.69) is 26.6 Å². The number of carbonyl (C=O) groups excluding carboxylic acids is 2. The zero-order valence-electron chi connectivity index (χ0n) is 11.0. The number of nitrogens with one attached hydrogen (secondary N) is 3. The number of alkyl halides is 3. The average molecular weight is 368 g/mol. The molecule has 1 rings (SSSR count). The second kappa shape index (κ2) is 7.30. The molecule has 0 aliphatic carbocycles. The molecule has 2 amide bonds. The molecule has 1 aromatic rings. The van der Waals surface area contributed by atoms with Crippen LogP contribution < -0.4 is 16.0 Å². The molecule has 0 aromatic heterocycles. The Bertz CT molecular complexity index is 535. The van der Waals surface area contributed by atoms with E-state index >= 15 is 0 Å². The number of amides is 2. The Morgan fingerprint density at radius 2 is 1.95 bits per heavy atom. The maximum atomic E-state index is 11.9. The topological polar surface area (TPSA) is 70.2 Å². The van der Waals surface area contributed by atoms with E-state index in [0.29, 0.717) is 10.2 Å². The highest BCUT2D eigenvalue weighted by molar-refractivity contribution is 9.10. The van der Waals surface area contributed by atoms with Crippen molar-refractivity contribution in [2.75, 3.05) is 25.5 Å². The molecule has 5 nitrogen and oxygen atoms in total. The molecule has 21 heavy (non-hydrogen) atoms. The van der Waals surface area contributed by atoms with Crippen molar-refractivity contribution in [3.63, 3.8) is 0 Å². The van der Waals surface area contributed by atoms with Crippen LogP contribution in [-0.4, -0.2) is 38.1 Å². The lowest BCUT2D eigenvalue weighted by molar-refractivity contribution is -0.137. The van der Waals surface area contributed by atoms with Crippen LogP contribution in [-0.2, 0) is 4.79 Å². The zero-order chi connectivity index (χ0) is 16.0.